The smallest absolute Gasteiger partial charge is 0.261 e. The van der Waals surface area contributed by atoms with Gasteiger partial charge in [-0.1, -0.05) is 6.07 Å². The fourth-order valence-electron chi connectivity index (χ4n) is 1.15. The first-order chi connectivity index (χ1) is 8.55. The summed E-state index contributed by atoms with van der Waals surface area (Å²) in [5.74, 6) is 0.260. The molecule has 0 unspecified atom stereocenters. The Balaban J connectivity index is 1.99. The fourth-order valence-corrected chi connectivity index (χ4v) is 1.74. The van der Waals surface area contributed by atoms with Crippen LogP contribution in [0.4, 0.5) is 19.0 Å². The molecule has 0 saturated heterocycles. The van der Waals surface area contributed by atoms with Crippen molar-refractivity contribution in [1.82, 2.24) is 4.98 Å². The van der Waals surface area contributed by atoms with Crippen LogP contribution < -0.4 is 5.43 Å². The molecule has 2 rings (SSSR count). The molecule has 0 spiro atoms. The summed E-state index contributed by atoms with van der Waals surface area (Å²) in [6.07, 6.45) is -2.03. The summed E-state index contributed by atoms with van der Waals surface area (Å²) in [6.45, 7) is 0. The number of pyridine rings is 1. The lowest BCUT2D eigenvalue weighted by Gasteiger charge is -2.06. The molecule has 1 N–H and O–H groups in total. The van der Waals surface area contributed by atoms with E-state index in [1.807, 2.05) is 17.5 Å². The zero-order valence-corrected chi connectivity index (χ0v) is 9.79. The molecule has 18 heavy (non-hydrogen) atoms. The molecular formula is C11H8F3N3S. The van der Waals surface area contributed by atoms with Gasteiger partial charge in [-0.3, -0.25) is 5.43 Å². The van der Waals surface area contributed by atoms with Crippen LogP contribution in [0.5, 0.6) is 0 Å². The van der Waals surface area contributed by atoms with E-state index in [9.17, 15) is 13.2 Å². The number of halogens is 3. The number of nitrogens with one attached hydrogen (secondary N) is 1. The Morgan fingerprint density at radius 1 is 1.28 bits per heavy atom. The van der Waals surface area contributed by atoms with E-state index in [0.717, 1.165) is 17.1 Å². The maximum Gasteiger partial charge on any atom is 0.417 e. The van der Waals surface area contributed by atoms with Crippen molar-refractivity contribution in [2.45, 2.75) is 6.18 Å². The fraction of sp³-hybridized carbons (Fsp3) is 0.0909. The van der Waals surface area contributed by atoms with Crippen LogP contribution in [-0.4, -0.2) is 11.2 Å². The third kappa shape index (κ3) is 3.30. The minimum atomic E-state index is -4.37. The van der Waals surface area contributed by atoms with Gasteiger partial charge in [0.05, 0.1) is 11.8 Å². The second kappa shape index (κ2) is 5.18. The van der Waals surface area contributed by atoms with Gasteiger partial charge in [0.25, 0.3) is 0 Å². The van der Waals surface area contributed by atoms with E-state index in [2.05, 4.69) is 15.5 Å². The minimum absolute atomic E-state index is 0.260. The van der Waals surface area contributed by atoms with Crippen LogP contribution in [0.1, 0.15) is 10.4 Å². The van der Waals surface area contributed by atoms with E-state index < -0.39 is 11.7 Å². The first-order valence-electron chi connectivity index (χ1n) is 4.91. The van der Waals surface area contributed by atoms with Crippen molar-refractivity contribution in [2.24, 2.45) is 5.10 Å². The van der Waals surface area contributed by atoms with E-state index in [1.165, 1.54) is 17.4 Å². The van der Waals surface area contributed by atoms with E-state index in [1.54, 1.807) is 6.21 Å². The summed E-state index contributed by atoms with van der Waals surface area (Å²) in [4.78, 5) is 4.56. The molecule has 0 fully saturated rings. The van der Waals surface area contributed by atoms with Gasteiger partial charge in [-0.25, -0.2) is 4.98 Å². The van der Waals surface area contributed by atoms with Gasteiger partial charge in [-0.2, -0.15) is 18.3 Å². The van der Waals surface area contributed by atoms with Crippen LogP contribution in [0.15, 0.2) is 40.9 Å². The van der Waals surface area contributed by atoms with Gasteiger partial charge in [0.1, 0.15) is 5.82 Å². The monoisotopic (exact) mass is 271 g/mol. The van der Waals surface area contributed by atoms with Gasteiger partial charge in [0.2, 0.25) is 0 Å². The summed E-state index contributed by atoms with van der Waals surface area (Å²) in [5.41, 5.74) is 1.78. The highest BCUT2D eigenvalue weighted by Crippen LogP contribution is 2.28. The van der Waals surface area contributed by atoms with Gasteiger partial charge in [-0.15, -0.1) is 11.3 Å². The molecule has 0 aliphatic carbocycles. The Morgan fingerprint density at radius 3 is 2.67 bits per heavy atom. The third-order valence-corrected chi connectivity index (χ3v) is 2.81. The maximum atomic E-state index is 12.3. The topological polar surface area (TPSA) is 37.3 Å². The molecule has 0 amide bonds. The predicted molar refractivity (Wildman–Crippen MR) is 64.8 cm³/mol. The summed E-state index contributed by atoms with van der Waals surface area (Å²) in [7, 11) is 0. The number of anilines is 1. The van der Waals surface area contributed by atoms with Crippen molar-refractivity contribution in [3.8, 4) is 0 Å². The summed E-state index contributed by atoms with van der Waals surface area (Å²) in [5, 5.41) is 5.77. The lowest BCUT2D eigenvalue weighted by molar-refractivity contribution is -0.137. The Bertz CT molecular complexity index is 517. The average molecular weight is 271 g/mol. The van der Waals surface area contributed by atoms with Crippen molar-refractivity contribution < 1.29 is 13.2 Å². The molecular weight excluding hydrogens is 263 g/mol. The van der Waals surface area contributed by atoms with E-state index >= 15 is 0 Å². The first-order valence-corrected chi connectivity index (χ1v) is 5.79. The Hall–Kier alpha value is -1.89. The van der Waals surface area contributed by atoms with Crippen LogP contribution in [-0.2, 0) is 6.18 Å². The van der Waals surface area contributed by atoms with Crippen LogP contribution in [0.25, 0.3) is 0 Å². The van der Waals surface area contributed by atoms with E-state index in [-0.39, 0.29) is 5.82 Å². The van der Waals surface area contributed by atoms with Crippen LogP contribution in [0.3, 0.4) is 0 Å². The zero-order chi connectivity index (χ0) is 13.0. The molecule has 0 bridgehead atoms. The lowest BCUT2D eigenvalue weighted by Crippen LogP contribution is -2.05. The highest BCUT2D eigenvalue weighted by atomic mass is 32.1. The molecule has 0 saturated carbocycles. The first kappa shape index (κ1) is 12.6. The van der Waals surface area contributed by atoms with Crippen molar-refractivity contribution in [2.75, 3.05) is 5.43 Å². The van der Waals surface area contributed by atoms with Crippen molar-refractivity contribution in [1.29, 1.82) is 0 Å². The quantitative estimate of drug-likeness (QED) is 0.684. The standard InChI is InChI=1S/C11H8F3N3S/c12-11(13,14)8-3-4-10(15-6-8)17-16-7-9-2-1-5-18-9/h1-7H,(H,15,17)/b16-7-. The molecule has 0 aliphatic heterocycles. The second-order valence-corrected chi connectivity index (χ2v) is 4.29. The zero-order valence-electron chi connectivity index (χ0n) is 8.98. The third-order valence-electron chi connectivity index (χ3n) is 2.00. The van der Waals surface area contributed by atoms with E-state index in [0.29, 0.717) is 0 Å². The van der Waals surface area contributed by atoms with Gasteiger partial charge in [-0.05, 0) is 23.6 Å². The Kier molecular flexibility index (Phi) is 3.61. The Labute approximate surface area is 105 Å². The average Bonchev–Trinajstić information content (AvgIpc) is 2.82. The number of hydrogen-bond donors (Lipinski definition) is 1. The molecule has 2 aromatic rings. The summed E-state index contributed by atoms with van der Waals surface area (Å²) in [6, 6.07) is 5.93. The van der Waals surface area contributed by atoms with Gasteiger partial charge in [0.15, 0.2) is 0 Å². The maximum absolute atomic E-state index is 12.3. The molecule has 3 nitrogen and oxygen atoms in total. The van der Waals surface area contributed by atoms with Crippen LogP contribution >= 0.6 is 11.3 Å². The minimum Gasteiger partial charge on any atom is -0.261 e. The summed E-state index contributed by atoms with van der Waals surface area (Å²) < 4.78 is 36.8. The number of thiophene rings is 1. The molecule has 0 atom stereocenters. The SMILES string of the molecule is FC(F)(F)c1ccc(N/N=C\c2cccs2)nc1. The lowest BCUT2D eigenvalue weighted by atomic mass is 10.3. The number of hydrogen-bond acceptors (Lipinski definition) is 4. The molecule has 0 aromatic carbocycles. The number of alkyl halides is 3. The van der Waals surface area contributed by atoms with Gasteiger partial charge in [0, 0.05) is 11.1 Å². The highest BCUT2D eigenvalue weighted by Gasteiger charge is 2.30. The molecule has 7 heteroatoms. The van der Waals surface area contributed by atoms with Gasteiger partial charge >= 0.3 is 6.18 Å². The molecule has 0 radical (unpaired) electrons. The predicted octanol–water partition coefficient (Wildman–Crippen LogP) is 3.61. The number of rotatable bonds is 3. The second-order valence-electron chi connectivity index (χ2n) is 3.32. The normalized spacial score (nSPS) is 11.9. The van der Waals surface area contributed by atoms with Crippen molar-refractivity contribution in [3.05, 3.63) is 46.3 Å². The summed E-state index contributed by atoms with van der Waals surface area (Å²) >= 11 is 1.51. The number of aromatic nitrogens is 1. The van der Waals surface area contributed by atoms with Crippen LogP contribution in [0.2, 0.25) is 0 Å². The van der Waals surface area contributed by atoms with Crippen molar-refractivity contribution in [3.63, 3.8) is 0 Å². The highest BCUT2D eigenvalue weighted by molar-refractivity contribution is 7.11. The largest absolute Gasteiger partial charge is 0.417 e. The number of hydrazone groups is 1. The number of nitrogens with zero attached hydrogens (tertiary/aromatic N) is 2. The molecule has 94 valence electrons. The molecule has 0 aliphatic rings. The van der Waals surface area contributed by atoms with E-state index in [4.69, 9.17) is 0 Å². The molecule has 2 aromatic heterocycles. The van der Waals surface area contributed by atoms with Gasteiger partial charge < -0.3 is 0 Å². The Morgan fingerprint density at radius 2 is 2.11 bits per heavy atom. The molecule has 2 heterocycles. The van der Waals surface area contributed by atoms with Crippen molar-refractivity contribution >= 4 is 23.4 Å². The van der Waals surface area contributed by atoms with Crippen LogP contribution in [0, 0.1) is 0 Å².